The molecule has 2 rings (SSSR count). The van der Waals surface area contributed by atoms with Gasteiger partial charge in [0, 0.05) is 12.0 Å². The molecule has 130 valence electrons. The summed E-state index contributed by atoms with van der Waals surface area (Å²) in [6.07, 6.45) is 0.0635. The van der Waals surface area contributed by atoms with E-state index in [-0.39, 0.29) is 18.7 Å². The first-order chi connectivity index (χ1) is 12.0. The van der Waals surface area contributed by atoms with Crippen LogP contribution in [0, 0.1) is 0 Å². The SMILES string of the molecule is O=C(CNC(=O)c1ccccc1)N[C@@H](Cc1ccc(O)cc1)C(=O)O. The lowest BCUT2D eigenvalue weighted by Gasteiger charge is -2.15. The summed E-state index contributed by atoms with van der Waals surface area (Å²) in [5.74, 6) is -2.13. The molecule has 0 fully saturated rings. The molecular weight excluding hydrogens is 324 g/mol. The molecule has 0 aliphatic heterocycles. The molecule has 0 spiro atoms. The van der Waals surface area contributed by atoms with Crippen molar-refractivity contribution >= 4 is 17.8 Å². The highest BCUT2D eigenvalue weighted by molar-refractivity contribution is 5.96. The summed E-state index contributed by atoms with van der Waals surface area (Å²) in [5, 5.41) is 23.3. The maximum absolute atomic E-state index is 11.9. The van der Waals surface area contributed by atoms with Crippen LogP contribution in [0.15, 0.2) is 54.6 Å². The van der Waals surface area contributed by atoms with Gasteiger partial charge in [0.1, 0.15) is 11.8 Å². The number of carboxylic acids is 1. The van der Waals surface area contributed by atoms with Crippen molar-refractivity contribution in [2.75, 3.05) is 6.54 Å². The standard InChI is InChI=1S/C18H18N2O5/c21-14-8-6-12(7-9-14)10-15(18(24)25)20-16(22)11-19-17(23)13-4-2-1-3-5-13/h1-9,15,21H,10-11H2,(H,19,23)(H,20,22)(H,24,25)/t15-/m0/s1. The molecule has 4 N–H and O–H groups in total. The lowest BCUT2D eigenvalue weighted by Crippen LogP contribution is -2.46. The van der Waals surface area contributed by atoms with Crippen molar-refractivity contribution in [1.82, 2.24) is 10.6 Å². The number of aliphatic carboxylic acids is 1. The van der Waals surface area contributed by atoms with Gasteiger partial charge in [0.15, 0.2) is 0 Å². The third kappa shape index (κ3) is 5.65. The minimum Gasteiger partial charge on any atom is -0.508 e. The number of carboxylic acid groups (broad SMARTS) is 1. The lowest BCUT2D eigenvalue weighted by molar-refractivity contribution is -0.141. The fraction of sp³-hybridized carbons (Fsp3) is 0.167. The Morgan fingerprint density at radius 2 is 1.60 bits per heavy atom. The Hall–Kier alpha value is -3.35. The highest BCUT2D eigenvalue weighted by Crippen LogP contribution is 2.11. The quantitative estimate of drug-likeness (QED) is 0.597. The van der Waals surface area contributed by atoms with E-state index in [0.29, 0.717) is 11.1 Å². The summed E-state index contributed by atoms with van der Waals surface area (Å²) in [6.45, 7) is -0.326. The molecule has 2 aromatic carbocycles. The molecule has 0 saturated carbocycles. The van der Waals surface area contributed by atoms with Gasteiger partial charge in [-0.2, -0.15) is 0 Å². The van der Waals surface area contributed by atoms with E-state index < -0.39 is 23.8 Å². The first-order valence-electron chi connectivity index (χ1n) is 7.59. The van der Waals surface area contributed by atoms with E-state index in [9.17, 15) is 24.6 Å². The number of phenolic OH excluding ortho intramolecular Hbond substituents is 1. The zero-order valence-corrected chi connectivity index (χ0v) is 13.3. The first kappa shape index (κ1) is 18.0. The van der Waals surface area contributed by atoms with Crippen molar-refractivity contribution in [2.24, 2.45) is 0 Å². The van der Waals surface area contributed by atoms with E-state index >= 15 is 0 Å². The van der Waals surface area contributed by atoms with Gasteiger partial charge in [-0.1, -0.05) is 30.3 Å². The summed E-state index contributed by atoms with van der Waals surface area (Å²) in [4.78, 5) is 35.1. The van der Waals surface area contributed by atoms with Gasteiger partial charge in [0.05, 0.1) is 6.54 Å². The third-order valence-electron chi connectivity index (χ3n) is 3.45. The molecule has 0 unspecified atom stereocenters. The molecule has 0 heterocycles. The second-order valence-electron chi connectivity index (χ2n) is 5.38. The Kier molecular flexibility index (Phi) is 6.11. The molecule has 0 aliphatic carbocycles. The summed E-state index contributed by atoms with van der Waals surface area (Å²) in [5.41, 5.74) is 1.06. The van der Waals surface area contributed by atoms with Gasteiger partial charge >= 0.3 is 5.97 Å². The Balaban J connectivity index is 1.88. The summed E-state index contributed by atoms with van der Waals surface area (Å²) < 4.78 is 0. The molecule has 2 amide bonds. The zero-order valence-electron chi connectivity index (χ0n) is 13.3. The first-order valence-corrected chi connectivity index (χ1v) is 7.59. The van der Waals surface area contributed by atoms with E-state index in [4.69, 9.17) is 0 Å². The molecule has 25 heavy (non-hydrogen) atoms. The fourth-order valence-electron chi connectivity index (χ4n) is 2.17. The van der Waals surface area contributed by atoms with Crippen LogP contribution in [0.5, 0.6) is 5.75 Å². The molecule has 0 aliphatic rings. The molecular formula is C18H18N2O5. The van der Waals surface area contributed by atoms with Crippen LogP contribution in [0.4, 0.5) is 0 Å². The van der Waals surface area contributed by atoms with Crippen molar-refractivity contribution < 1.29 is 24.6 Å². The maximum atomic E-state index is 11.9. The number of rotatable bonds is 7. The Morgan fingerprint density at radius 3 is 2.20 bits per heavy atom. The van der Waals surface area contributed by atoms with E-state index in [1.165, 1.54) is 12.1 Å². The van der Waals surface area contributed by atoms with E-state index in [1.54, 1.807) is 42.5 Å². The average Bonchev–Trinajstić information content (AvgIpc) is 2.61. The average molecular weight is 342 g/mol. The Labute approximate surface area is 144 Å². The molecule has 0 bridgehead atoms. The number of hydrogen-bond donors (Lipinski definition) is 4. The molecule has 2 aromatic rings. The molecule has 0 saturated heterocycles. The van der Waals surface area contributed by atoms with Crippen molar-refractivity contribution in [3.05, 3.63) is 65.7 Å². The molecule has 7 nitrogen and oxygen atoms in total. The smallest absolute Gasteiger partial charge is 0.326 e. The van der Waals surface area contributed by atoms with Gasteiger partial charge in [0.2, 0.25) is 5.91 Å². The predicted octanol–water partition coefficient (Wildman–Crippen LogP) is 0.934. The topological polar surface area (TPSA) is 116 Å². The van der Waals surface area contributed by atoms with Crippen molar-refractivity contribution in [3.8, 4) is 5.75 Å². The predicted molar refractivity (Wildman–Crippen MR) is 90.2 cm³/mol. The molecule has 1 atom stereocenters. The second-order valence-corrected chi connectivity index (χ2v) is 5.38. The van der Waals surface area contributed by atoms with Crippen molar-refractivity contribution in [2.45, 2.75) is 12.5 Å². The number of nitrogens with one attached hydrogen (secondary N) is 2. The number of benzene rings is 2. The number of carbonyl (C=O) groups excluding carboxylic acids is 2. The summed E-state index contributed by atoms with van der Waals surface area (Å²) >= 11 is 0. The minimum atomic E-state index is -1.18. The fourth-order valence-corrected chi connectivity index (χ4v) is 2.17. The number of aromatic hydroxyl groups is 1. The highest BCUT2D eigenvalue weighted by atomic mass is 16.4. The summed E-state index contributed by atoms with van der Waals surface area (Å²) in [7, 11) is 0. The van der Waals surface area contributed by atoms with Crippen LogP contribution in [0.3, 0.4) is 0 Å². The second kappa shape index (κ2) is 8.49. The van der Waals surface area contributed by atoms with Crippen molar-refractivity contribution in [1.29, 1.82) is 0 Å². The number of hydrogen-bond acceptors (Lipinski definition) is 4. The number of amides is 2. The highest BCUT2D eigenvalue weighted by Gasteiger charge is 2.20. The van der Waals surface area contributed by atoms with E-state index in [1.807, 2.05) is 0 Å². The maximum Gasteiger partial charge on any atom is 0.326 e. The van der Waals surface area contributed by atoms with Crippen molar-refractivity contribution in [3.63, 3.8) is 0 Å². The number of carbonyl (C=O) groups is 3. The summed E-state index contributed by atoms with van der Waals surface area (Å²) in [6, 6.07) is 13.3. The monoisotopic (exact) mass is 342 g/mol. The van der Waals surface area contributed by atoms with Gasteiger partial charge < -0.3 is 20.8 Å². The number of phenols is 1. The van der Waals surface area contributed by atoms with E-state index in [2.05, 4.69) is 10.6 Å². The van der Waals surface area contributed by atoms with Crippen LogP contribution < -0.4 is 10.6 Å². The van der Waals surface area contributed by atoms with Gasteiger partial charge in [-0.05, 0) is 29.8 Å². The van der Waals surface area contributed by atoms with Crippen LogP contribution in [-0.2, 0) is 16.0 Å². The van der Waals surface area contributed by atoms with Gasteiger partial charge in [0.25, 0.3) is 5.91 Å². The third-order valence-corrected chi connectivity index (χ3v) is 3.45. The van der Waals surface area contributed by atoms with Crippen LogP contribution in [0.25, 0.3) is 0 Å². The molecule has 0 aromatic heterocycles. The molecule has 0 radical (unpaired) electrons. The van der Waals surface area contributed by atoms with Crippen LogP contribution in [0.2, 0.25) is 0 Å². The van der Waals surface area contributed by atoms with E-state index in [0.717, 1.165) is 0 Å². The van der Waals surface area contributed by atoms with Gasteiger partial charge in [-0.25, -0.2) is 4.79 Å². The van der Waals surface area contributed by atoms with Crippen LogP contribution in [-0.4, -0.2) is 40.6 Å². The Morgan fingerprint density at radius 1 is 0.960 bits per heavy atom. The molecule has 7 heteroatoms. The lowest BCUT2D eigenvalue weighted by atomic mass is 10.1. The normalized spacial score (nSPS) is 11.4. The zero-order chi connectivity index (χ0) is 18.2. The largest absolute Gasteiger partial charge is 0.508 e. The minimum absolute atomic E-state index is 0.0635. The van der Waals surface area contributed by atoms with Gasteiger partial charge in [-0.15, -0.1) is 0 Å². The Bertz CT molecular complexity index is 744. The van der Waals surface area contributed by atoms with Gasteiger partial charge in [-0.3, -0.25) is 9.59 Å². The van der Waals surface area contributed by atoms with Crippen LogP contribution in [0.1, 0.15) is 15.9 Å². The van der Waals surface area contributed by atoms with Crippen LogP contribution >= 0.6 is 0 Å².